The Morgan fingerprint density at radius 1 is 1.29 bits per heavy atom. The van der Waals surface area contributed by atoms with E-state index >= 15 is 0 Å². The Labute approximate surface area is 125 Å². The van der Waals surface area contributed by atoms with E-state index in [1.165, 1.54) is 7.11 Å². The van der Waals surface area contributed by atoms with Crippen LogP contribution in [0, 0.1) is 0 Å². The highest BCUT2D eigenvalue weighted by atomic mass is 16.5. The third-order valence-electron chi connectivity index (χ3n) is 3.96. The third kappa shape index (κ3) is 3.95. The van der Waals surface area contributed by atoms with Crippen LogP contribution in [0.3, 0.4) is 0 Å². The highest BCUT2D eigenvalue weighted by molar-refractivity contribution is 5.96. The molecule has 1 aromatic carbocycles. The Morgan fingerprint density at radius 3 is 2.76 bits per heavy atom. The summed E-state index contributed by atoms with van der Waals surface area (Å²) in [5, 5.41) is 0. The minimum atomic E-state index is -0.426. The molecule has 1 saturated carbocycles. The number of nitrogen functional groups attached to an aromatic ring is 1. The maximum atomic E-state index is 11.8. The molecule has 1 aliphatic rings. The first-order valence-corrected chi connectivity index (χ1v) is 7.25. The molecule has 1 aliphatic carbocycles. The number of ether oxygens (including phenoxy) is 3. The summed E-state index contributed by atoms with van der Waals surface area (Å²) in [6, 6.07) is 5.36. The molecule has 0 aromatic heterocycles. The van der Waals surface area contributed by atoms with Crippen molar-refractivity contribution in [2.24, 2.45) is 0 Å². The molecule has 0 spiro atoms. The zero-order chi connectivity index (χ0) is 15.2. The number of benzene rings is 1. The molecular formula is C16H23NO4. The van der Waals surface area contributed by atoms with Crippen LogP contribution in [0.4, 0.5) is 5.69 Å². The average Bonchev–Trinajstić information content (AvgIpc) is 2.52. The minimum absolute atomic E-state index is 0.163. The van der Waals surface area contributed by atoms with Crippen LogP contribution in [-0.4, -0.2) is 32.4 Å². The van der Waals surface area contributed by atoms with Gasteiger partial charge in [-0.2, -0.15) is 0 Å². The summed E-state index contributed by atoms with van der Waals surface area (Å²) in [6.07, 6.45) is 4.54. The number of nitrogens with two attached hydrogens (primary N) is 1. The summed E-state index contributed by atoms with van der Waals surface area (Å²) < 4.78 is 16.1. The molecule has 116 valence electrons. The van der Waals surface area contributed by atoms with Crippen LogP contribution in [0.5, 0.6) is 0 Å². The van der Waals surface area contributed by atoms with Crippen LogP contribution in [0.2, 0.25) is 0 Å². The van der Waals surface area contributed by atoms with Crippen molar-refractivity contribution in [1.29, 1.82) is 0 Å². The van der Waals surface area contributed by atoms with E-state index in [2.05, 4.69) is 0 Å². The van der Waals surface area contributed by atoms with Crippen molar-refractivity contribution in [3.63, 3.8) is 0 Å². The molecule has 5 nitrogen and oxygen atoms in total. The Bertz CT molecular complexity index is 489. The van der Waals surface area contributed by atoms with Gasteiger partial charge in [-0.3, -0.25) is 0 Å². The highest BCUT2D eigenvalue weighted by Gasteiger charge is 2.23. The largest absolute Gasteiger partial charge is 0.465 e. The van der Waals surface area contributed by atoms with Gasteiger partial charge in [0, 0.05) is 12.8 Å². The molecular weight excluding hydrogens is 270 g/mol. The lowest BCUT2D eigenvalue weighted by atomic mass is 9.95. The Balaban J connectivity index is 2.03. The number of carbonyl (C=O) groups is 1. The van der Waals surface area contributed by atoms with Crippen molar-refractivity contribution in [3.8, 4) is 0 Å². The van der Waals surface area contributed by atoms with Gasteiger partial charge in [-0.05, 0) is 37.3 Å². The van der Waals surface area contributed by atoms with E-state index in [0.717, 1.165) is 31.2 Å². The van der Waals surface area contributed by atoms with Gasteiger partial charge in [0.05, 0.1) is 31.5 Å². The quantitative estimate of drug-likeness (QED) is 0.667. The number of methoxy groups -OCH3 is 2. The van der Waals surface area contributed by atoms with Crippen molar-refractivity contribution in [1.82, 2.24) is 0 Å². The number of carbonyl (C=O) groups excluding carboxylic acids is 1. The Morgan fingerprint density at radius 2 is 2.05 bits per heavy atom. The molecule has 2 N–H and O–H groups in total. The van der Waals surface area contributed by atoms with Crippen LogP contribution in [0.1, 0.15) is 41.6 Å². The number of hydrogen-bond donors (Lipinski definition) is 1. The Hall–Kier alpha value is -1.59. The highest BCUT2D eigenvalue weighted by Crippen LogP contribution is 2.25. The van der Waals surface area contributed by atoms with Crippen molar-refractivity contribution in [3.05, 3.63) is 29.3 Å². The zero-order valence-electron chi connectivity index (χ0n) is 12.6. The average molecular weight is 293 g/mol. The van der Waals surface area contributed by atoms with Gasteiger partial charge in [-0.25, -0.2) is 4.79 Å². The molecule has 1 aromatic rings. The van der Waals surface area contributed by atoms with Crippen LogP contribution in [0.25, 0.3) is 0 Å². The fourth-order valence-electron chi connectivity index (χ4n) is 2.77. The lowest BCUT2D eigenvalue weighted by Gasteiger charge is -2.28. The molecule has 0 heterocycles. The first-order valence-electron chi connectivity index (χ1n) is 7.25. The summed E-state index contributed by atoms with van der Waals surface area (Å²) >= 11 is 0. The van der Waals surface area contributed by atoms with Crippen molar-refractivity contribution < 1.29 is 19.0 Å². The molecule has 0 radical (unpaired) electrons. The van der Waals surface area contributed by atoms with E-state index < -0.39 is 5.97 Å². The molecule has 2 atom stereocenters. The van der Waals surface area contributed by atoms with Crippen molar-refractivity contribution >= 4 is 11.7 Å². The maximum absolute atomic E-state index is 11.8. The molecule has 5 heteroatoms. The second-order valence-electron chi connectivity index (χ2n) is 5.33. The fraction of sp³-hybridized carbons (Fsp3) is 0.562. The number of rotatable bonds is 5. The Kier molecular flexibility index (Phi) is 5.59. The second-order valence-corrected chi connectivity index (χ2v) is 5.33. The van der Waals surface area contributed by atoms with E-state index in [0.29, 0.717) is 17.9 Å². The lowest BCUT2D eigenvalue weighted by Crippen LogP contribution is -2.27. The summed E-state index contributed by atoms with van der Waals surface area (Å²) in [7, 11) is 3.09. The van der Waals surface area contributed by atoms with Crippen molar-refractivity contribution in [2.45, 2.75) is 44.5 Å². The smallest absolute Gasteiger partial charge is 0.340 e. The standard InChI is InChI=1S/C16H23NO4/c1-19-12-6-4-7-13(9-12)21-10-11-5-3-8-14(17)15(11)16(18)20-2/h3,5,8,12-13H,4,6-7,9-10,17H2,1-2H3. The van der Waals surface area contributed by atoms with Gasteiger partial charge in [0.15, 0.2) is 0 Å². The third-order valence-corrected chi connectivity index (χ3v) is 3.96. The van der Waals surface area contributed by atoms with Gasteiger partial charge in [-0.1, -0.05) is 12.1 Å². The molecule has 2 unspecified atom stereocenters. The lowest BCUT2D eigenvalue weighted by molar-refractivity contribution is -0.0365. The predicted molar refractivity (Wildman–Crippen MR) is 80.0 cm³/mol. The van der Waals surface area contributed by atoms with Gasteiger partial charge < -0.3 is 19.9 Å². The minimum Gasteiger partial charge on any atom is -0.465 e. The molecule has 0 aliphatic heterocycles. The molecule has 0 bridgehead atoms. The molecule has 2 rings (SSSR count). The first kappa shape index (κ1) is 15.8. The summed E-state index contributed by atoms with van der Waals surface area (Å²) in [6.45, 7) is 0.358. The van der Waals surface area contributed by atoms with E-state index in [9.17, 15) is 4.79 Å². The monoisotopic (exact) mass is 293 g/mol. The maximum Gasteiger partial charge on any atom is 0.340 e. The van der Waals surface area contributed by atoms with Gasteiger partial charge in [-0.15, -0.1) is 0 Å². The van der Waals surface area contributed by atoms with Crippen molar-refractivity contribution in [2.75, 3.05) is 20.0 Å². The van der Waals surface area contributed by atoms with E-state index in [4.69, 9.17) is 19.9 Å². The van der Waals surface area contributed by atoms with E-state index in [1.54, 1.807) is 13.2 Å². The molecule has 1 fully saturated rings. The normalized spacial score (nSPS) is 22.0. The van der Waals surface area contributed by atoms with E-state index in [-0.39, 0.29) is 12.2 Å². The van der Waals surface area contributed by atoms with E-state index in [1.807, 2.05) is 12.1 Å². The van der Waals surface area contributed by atoms with Gasteiger partial charge in [0.1, 0.15) is 0 Å². The SMILES string of the molecule is COC(=O)c1c(N)cccc1COC1CCCC(OC)C1. The molecule has 0 saturated heterocycles. The van der Waals surface area contributed by atoms with Crippen LogP contribution in [-0.2, 0) is 20.8 Å². The number of esters is 1. The van der Waals surface area contributed by atoms with Crippen LogP contribution in [0.15, 0.2) is 18.2 Å². The second kappa shape index (κ2) is 7.43. The first-order chi connectivity index (χ1) is 10.2. The fourth-order valence-corrected chi connectivity index (χ4v) is 2.77. The molecule has 0 amide bonds. The van der Waals surface area contributed by atoms with Crippen LogP contribution < -0.4 is 5.73 Å². The summed E-state index contributed by atoms with van der Waals surface area (Å²) in [4.78, 5) is 11.8. The predicted octanol–water partition coefficient (Wildman–Crippen LogP) is 2.53. The summed E-state index contributed by atoms with van der Waals surface area (Å²) in [5.41, 5.74) is 7.46. The topological polar surface area (TPSA) is 70.8 Å². The van der Waals surface area contributed by atoms with Gasteiger partial charge in [0.2, 0.25) is 0 Å². The number of hydrogen-bond acceptors (Lipinski definition) is 5. The van der Waals surface area contributed by atoms with Gasteiger partial charge in [0.25, 0.3) is 0 Å². The molecule has 21 heavy (non-hydrogen) atoms. The zero-order valence-corrected chi connectivity index (χ0v) is 12.6. The van der Waals surface area contributed by atoms with Gasteiger partial charge >= 0.3 is 5.97 Å². The summed E-state index contributed by atoms with van der Waals surface area (Å²) in [5.74, 6) is -0.426. The number of anilines is 1. The van der Waals surface area contributed by atoms with Crippen LogP contribution >= 0.6 is 0 Å².